The van der Waals surface area contributed by atoms with Crippen LogP contribution in [0.3, 0.4) is 0 Å². The Morgan fingerprint density at radius 3 is 2.67 bits per heavy atom. The number of hydrogen-bond donors (Lipinski definition) is 1. The molecule has 0 aliphatic heterocycles. The van der Waals surface area contributed by atoms with Gasteiger partial charge in [-0.05, 0) is 30.7 Å². The van der Waals surface area contributed by atoms with Crippen molar-refractivity contribution in [2.45, 2.75) is 13.5 Å². The molecule has 122 valence electrons. The van der Waals surface area contributed by atoms with Crippen molar-refractivity contribution >= 4 is 16.8 Å². The molecule has 1 heterocycles. The summed E-state index contributed by atoms with van der Waals surface area (Å²) in [7, 11) is 1.61. The lowest BCUT2D eigenvalue weighted by Gasteiger charge is -2.09. The Balaban J connectivity index is 1.73. The minimum absolute atomic E-state index is 0.309. The van der Waals surface area contributed by atoms with Crippen molar-refractivity contribution in [3.05, 3.63) is 71.4 Å². The number of benzene rings is 2. The lowest BCUT2D eigenvalue weighted by atomic mass is 10.1. The summed E-state index contributed by atoms with van der Waals surface area (Å²) in [4.78, 5) is 22.1. The number of ether oxygens (including phenoxy) is 1. The maximum Gasteiger partial charge on any atom is 0.276 e. The van der Waals surface area contributed by atoms with E-state index in [9.17, 15) is 4.79 Å². The Kier molecular flexibility index (Phi) is 4.72. The molecular weight excluding hydrogens is 304 g/mol. The first-order valence-corrected chi connectivity index (χ1v) is 7.59. The van der Waals surface area contributed by atoms with Crippen LogP contribution in [0.4, 0.5) is 0 Å². The monoisotopic (exact) mass is 322 g/mol. The van der Waals surface area contributed by atoms with Crippen LogP contribution in [0.5, 0.6) is 5.75 Å². The Labute approximate surface area is 140 Å². The van der Waals surface area contributed by atoms with Crippen LogP contribution in [0, 0.1) is 6.92 Å². The maximum absolute atomic E-state index is 12.3. The zero-order chi connectivity index (χ0) is 16.9. The lowest BCUT2D eigenvalue weighted by Crippen LogP contribution is -2.24. The molecule has 1 amide bonds. The molecule has 3 aromatic rings. The van der Waals surface area contributed by atoms with Gasteiger partial charge < -0.3 is 4.74 Å². The number of aromatic nitrogens is 1. The Morgan fingerprint density at radius 1 is 1.12 bits per heavy atom. The molecule has 24 heavy (non-hydrogen) atoms. The third-order valence-electron chi connectivity index (χ3n) is 3.71. The fourth-order valence-corrected chi connectivity index (χ4v) is 2.41. The van der Waals surface area contributed by atoms with Crippen LogP contribution < -0.4 is 10.2 Å². The van der Waals surface area contributed by atoms with Crippen LogP contribution in [0.1, 0.15) is 21.6 Å². The molecule has 0 bridgehead atoms. The zero-order valence-electron chi connectivity index (χ0n) is 13.6. The number of methoxy groups -OCH3 is 1. The van der Waals surface area contributed by atoms with Gasteiger partial charge in [0.05, 0.1) is 30.5 Å². The van der Waals surface area contributed by atoms with Crippen molar-refractivity contribution in [1.82, 2.24) is 10.5 Å². The molecule has 0 aliphatic rings. The first-order chi connectivity index (χ1) is 11.7. The summed E-state index contributed by atoms with van der Waals surface area (Å²) in [5.41, 5.74) is 5.36. The highest BCUT2D eigenvalue weighted by Crippen LogP contribution is 2.21. The van der Waals surface area contributed by atoms with Gasteiger partial charge in [0.15, 0.2) is 0 Å². The predicted octanol–water partition coefficient (Wildman–Crippen LogP) is 3.41. The third-order valence-corrected chi connectivity index (χ3v) is 3.71. The normalized spacial score (nSPS) is 10.6. The van der Waals surface area contributed by atoms with E-state index >= 15 is 0 Å². The minimum atomic E-state index is -0.311. The zero-order valence-corrected chi connectivity index (χ0v) is 13.6. The van der Waals surface area contributed by atoms with Gasteiger partial charge in [-0.1, -0.05) is 30.3 Å². The molecule has 3 rings (SSSR count). The molecule has 5 heteroatoms. The number of hydrogen-bond acceptors (Lipinski definition) is 4. The number of carbonyl (C=O) groups is 1. The summed E-state index contributed by atoms with van der Waals surface area (Å²) in [6.45, 7) is 2.11. The Morgan fingerprint density at radius 2 is 1.92 bits per heavy atom. The van der Waals surface area contributed by atoms with Crippen molar-refractivity contribution in [2.75, 3.05) is 7.11 Å². The van der Waals surface area contributed by atoms with Gasteiger partial charge in [-0.25, -0.2) is 5.48 Å². The van der Waals surface area contributed by atoms with Crippen LogP contribution in [0.25, 0.3) is 10.9 Å². The molecular formula is C19H18N2O3. The minimum Gasteiger partial charge on any atom is -0.497 e. The molecule has 0 atom stereocenters. The predicted molar refractivity (Wildman–Crippen MR) is 91.7 cm³/mol. The average Bonchev–Trinajstić information content (AvgIpc) is 2.61. The molecule has 0 saturated heterocycles. The van der Waals surface area contributed by atoms with E-state index in [1.807, 2.05) is 48.5 Å². The number of hydroxylamine groups is 1. The second-order valence-corrected chi connectivity index (χ2v) is 5.39. The van der Waals surface area contributed by atoms with Gasteiger partial charge in [0.1, 0.15) is 5.75 Å². The number of aryl methyl sites for hydroxylation is 1. The summed E-state index contributed by atoms with van der Waals surface area (Å²) in [6, 6.07) is 17.0. The van der Waals surface area contributed by atoms with Crippen LogP contribution in [0.2, 0.25) is 0 Å². The van der Waals surface area contributed by atoms with Crippen LogP contribution >= 0.6 is 0 Å². The summed E-state index contributed by atoms with van der Waals surface area (Å²) in [6.07, 6.45) is 0. The quantitative estimate of drug-likeness (QED) is 0.731. The molecule has 0 radical (unpaired) electrons. The molecule has 1 aromatic heterocycles. The number of rotatable bonds is 5. The summed E-state index contributed by atoms with van der Waals surface area (Å²) in [5, 5.41) is 0.870. The fraction of sp³-hybridized carbons (Fsp3) is 0.158. The van der Waals surface area contributed by atoms with Crippen molar-refractivity contribution in [2.24, 2.45) is 0 Å². The summed E-state index contributed by atoms with van der Waals surface area (Å²) in [5.74, 6) is 0.423. The van der Waals surface area contributed by atoms with Gasteiger partial charge in [0.2, 0.25) is 0 Å². The van der Waals surface area contributed by atoms with E-state index in [1.165, 1.54) is 0 Å². The number of nitrogens with zero attached hydrogens (tertiary/aromatic N) is 1. The number of carbonyl (C=O) groups excluding carboxylic acids is 1. The van der Waals surface area contributed by atoms with E-state index in [0.717, 1.165) is 22.2 Å². The van der Waals surface area contributed by atoms with Gasteiger partial charge in [0, 0.05) is 11.5 Å². The average molecular weight is 322 g/mol. The van der Waals surface area contributed by atoms with Crippen LogP contribution in [0.15, 0.2) is 54.6 Å². The van der Waals surface area contributed by atoms with E-state index in [-0.39, 0.29) is 5.91 Å². The van der Waals surface area contributed by atoms with Gasteiger partial charge >= 0.3 is 0 Å². The summed E-state index contributed by atoms with van der Waals surface area (Å²) >= 11 is 0. The second kappa shape index (κ2) is 7.10. The number of pyridine rings is 1. The van der Waals surface area contributed by atoms with E-state index in [1.54, 1.807) is 20.1 Å². The van der Waals surface area contributed by atoms with Crippen molar-refractivity contribution < 1.29 is 14.4 Å². The van der Waals surface area contributed by atoms with Crippen molar-refractivity contribution in [1.29, 1.82) is 0 Å². The molecule has 5 nitrogen and oxygen atoms in total. The summed E-state index contributed by atoms with van der Waals surface area (Å²) < 4.78 is 5.20. The van der Waals surface area contributed by atoms with Crippen LogP contribution in [-0.2, 0) is 11.4 Å². The lowest BCUT2D eigenvalue weighted by molar-refractivity contribution is 0.0233. The second-order valence-electron chi connectivity index (χ2n) is 5.39. The Hall–Kier alpha value is -2.92. The largest absolute Gasteiger partial charge is 0.497 e. The molecule has 0 unspecified atom stereocenters. The van der Waals surface area contributed by atoms with E-state index in [4.69, 9.17) is 9.57 Å². The van der Waals surface area contributed by atoms with E-state index in [0.29, 0.717) is 17.9 Å². The van der Waals surface area contributed by atoms with Crippen molar-refractivity contribution in [3.8, 4) is 5.75 Å². The van der Waals surface area contributed by atoms with E-state index in [2.05, 4.69) is 10.5 Å². The highest BCUT2D eigenvalue weighted by Gasteiger charge is 2.12. The van der Waals surface area contributed by atoms with Crippen LogP contribution in [-0.4, -0.2) is 18.0 Å². The fourth-order valence-electron chi connectivity index (χ4n) is 2.41. The molecule has 1 N–H and O–H groups in total. The molecule has 2 aromatic carbocycles. The van der Waals surface area contributed by atoms with Gasteiger partial charge in [-0.2, -0.15) is 0 Å². The molecule has 0 saturated carbocycles. The number of amides is 1. The Bertz CT molecular complexity index is 863. The number of nitrogens with one attached hydrogen (secondary N) is 1. The third kappa shape index (κ3) is 3.52. The molecule has 0 fully saturated rings. The molecule has 0 aliphatic carbocycles. The topological polar surface area (TPSA) is 60.5 Å². The van der Waals surface area contributed by atoms with Gasteiger partial charge in [0.25, 0.3) is 5.91 Å². The van der Waals surface area contributed by atoms with Crippen molar-refractivity contribution in [3.63, 3.8) is 0 Å². The molecule has 0 spiro atoms. The highest BCUT2D eigenvalue weighted by atomic mass is 16.6. The first kappa shape index (κ1) is 16.0. The maximum atomic E-state index is 12.3. The first-order valence-electron chi connectivity index (χ1n) is 7.59. The highest BCUT2D eigenvalue weighted by molar-refractivity contribution is 5.98. The standard InChI is InChI=1S/C19H18N2O3/c1-13-17(10-15-8-9-16(23-2)11-18(15)20-13)19(22)21-24-12-14-6-4-3-5-7-14/h3-11H,12H2,1-2H3,(H,21,22). The SMILES string of the molecule is COc1ccc2cc(C(=O)NOCc3ccccc3)c(C)nc2c1. The number of fused-ring (bicyclic) bond motifs is 1. The van der Waals surface area contributed by atoms with Gasteiger partial charge in [-0.3, -0.25) is 14.6 Å². The smallest absolute Gasteiger partial charge is 0.276 e. The van der Waals surface area contributed by atoms with Gasteiger partial charge in [-0.15, -0.1) is 0 Å². The van der Waals surface area contributed by atoms with E-state index < -0.39 is 0 Å².